The summed E-state index contributed by atoms with van der Waals surface area (Å²) < 4.78 is 17.7. The number of unbranched alkanes of at least 4 members (excludes halogenated alkanes) is 6. The lowest BCUT2D eigenvalue weighted by molar-refractivity contribution is -0.135. The predicted octanol–water partition coefficient (Wildman–Crippen LogP) is 2.88. The minimum Gasteiger partial charge on any atom is -0.394 e. The normalized spacial score (nSPS) is 13.6. The van der Waals surface area contributed by atoms with Gasteiger partial charge in [0, 0.05) is 43.3 Å². The van der Waals surface area contributed by atoms with E-state index in [1.54, 1.807) is 36.8 Å². The van der Waals surface area contributed by atoms with Crippen LogP contribution in [0.25, 0.3) is 0 Å². The summed E-state index contributed by atoms with van der Waals surface area (Å²) in [7, 11) is -5.07. The molecule has 0 unspecified atom stereocenters. The summed E-state index contributed by atoms with van der Waals surface area (Å²) in [6.45, 7) is 0.792. The number of aliphatic hydroxyl groups is 1. The summed E-state index contributed by atoms with van der Waals surface area (Å²) in [5.74, 6) is -3.63. The maximum atomic E-state index is 13.7. The summed E-state index contributed by atoms with van der Waals surface area (Å²) in [5.41, 5.74) is 7.88. The zero-order valence-corrected chi connectivity index (χ0v) is 32.6. The van der Waals surface area contributed by atoms with E-state index in [-0.39, 0.29) is 25.0 Å². The molecule has 8 N–H and O–H groups in total. The second-order valence-corrected chi connectivity index (χ2v) is 14.9. The van der Waals surface area contributed by atoms with Gasteiger partial charge in [0.1, 0.15) is 18.1 Å². The third kappa shape index (κ3) is 17.0. The standard InChI is InChI=1S/C39H55N6O10P/c1-28(55-56(52,53)54)36(37(40)49)44-39(51)33(26-46)43-38(50)32(42-35(48)22-14-13-21-34(47)30-19-11-7-12-20-30)24-31-25-41-27-45(31)23-15-5-3-2-4-8-16-29-17-9-6-10-18-29/h6-7,9-12,17-20,25,27-28,32-33,36,46H,2-5,8,13-16,21-24,26H2,1H3,(H2,40,49)(H,42,48)(H,43,50)(H,44,51)(H2,52,53,54)/t28-,32+,33+,36+/m1/s1. The molecular weight excluding hydrogens is 743 g/mol. The van der Waals surface area contributed by atoms with Crippen LogP contribution in [0.15, 0.2) is 73.2 Å². The number of aliphatic hydroxyl groups excluding tert-OH is 1. The first kappa shape index (κ1) is 45.7. The molecule has 0 aliphatic carbocycles. The first-order valence-corrected chi connectivity index (χ1v) is 20.5. The number of rotatable bonds is 27. The van der Waals surface area contributed by atoms with E-state index in [1.165, 1.54) is 5.56 Å². The van der Waals surface area contributed by atoms with E-state index in [0.29, 0.717) is 30.6 Å². The van der Waals surface area contributed by atoms with E-state index < -0.39 is 62.3 Å². The number of hydrogen-bond donors (Lipinski definition) is 7. The fourth-order valence-corrected chi connectivity index (χ4v) is 6.68. The van der Waals surface area contributed by atoms with E-state index >= 15 is 0 Å². The smallest absolute Gasteiger partial charge is 0.394 e. The number of nitrogens with zero attached hydrogens (tertiary/aromatic N) is 2. The lowest BCUT2D eigenvalue weighted by Crippen LogP contribution is -2.59. The topological polar surface area (TPSA) is 252 Å². The zero-order valence-electron chi connectivity index (χ0n) is 31.8. The van der Waals surface area contributed by atoms with Gasteiger partial charge in [0.25, 0.3) is 0 Å². The lowest BCUT2D eigenvalue weighted by Gasteiger charge is -2.26. The van der Waals surface area contributed by atoms with Crippen molar-refractivity contribution >= 4 is 37.2 Å². The van der Waals surface area contributed by atoms with Crippen molar-refractivity contribution in [3.63, 3.8) is 0 Å². The first-order valence-electron chi connectivity index (χ1n) is 18.9. The minimum absolute atomic E-state index is 0.0120. The molecule has 0 saturated carbocycles. The third-order valence-corrected chi connectivity index (χ3v) is 9.77. The Morgan fingerprint density at radius 3 is 2.05 bits per heavy atom. The molecule has 3 rings (SSSR count). The van der Waals surface area contributed by atoms with Gasteiger partial charge in [-0.2, -0.15) is 0 Å². The van der Waals surface area contributed by atoms with Crippen molar-refractivity contribution < 1.29 is 48.0 Å². The molecule has 0 aliphatic rings. The van der Waals surface area contributed by atoms with E-state index in [4.69, 9.17) is 15.5 Å². The lowest BCUT2D eigenvalue weighted by atomic mass is 10.0. The van der Waals surface area contributed by atoms with Crippen LogP contribution in [0.4, 0.5) is 0 Å². The molecule has 4 atom stereocenters. The highest BCUT2D eigenvalue weighted by Gasteiger charge is 2.34. The predicted molar refractivity (Wildman–Crippen MR) is 208 cm³/mol. The van der Waals surface area contributed by atoms with Crippen molar-refractivity contribution in [3.8, 4) is 0 Å². The van der Waals surface area contributed by atoms with Gasteiger partial charge >= 0.3 is 7.82 Å². The van der Waals surface area contributed by atoms with Gasteiger partial charge in [-0.1, -0.05) is 86.3 Å². The van der Waals surface area contributed by atoms with E-state index in [0.717, 1.165) is 51.9 Å². The van der Waals surface area contributed by atoms with Gasteiger partial charge < -0.3 is 41.1 Å². The molecule has 306 valence electrons. The Balaban J connectivity index is 1.61. The molecule has 1 aromatic heterocycles. The number of aromatic nitrogens is 2. The van der Waals surface area contributed by atoms with Crippen molar-refractivity contribution in [3.05, 3.63) is 90.0 Å². The Kier molecular flexibility index (Phi) is 19.6. The number of hydrogen-bond acceptors (Lipinski definition) is 9. The van der Waals surface area contributed by atoms with Crippen LogP contribution in [0.5, 0.6) is 0 Å². The van der Waals surface area contributed by atoms with Gasteiger partial charge in [0.15, 0.2) is 5.78 Å². The van der Waals surface area contributed by atoms with E-state index in [9.17, 15) is 33.6 Å². The first-order chi connectivity index (χ1) is 26.8. The zero-order chi connectivity index (χ0) is 40.9. The summed E-state index contributed by atoms with van der Waals surface area (Å²) in [6, 6.07) is 14.6. The van der Waals surface area contributed by atoms with Crippen molar-refractivity contribution in [1.29, 1.82) is 0 Å². The Morgan fingerprint density at radius 1 is 0.804 bits per heavy atom. The molecular formula is C39H55N6O10P. The number of carbonyl (C=O) groups excluding carboxylic acids is 5. The Bertz CT molecular complexity index is 1740. The quantitative estimate of drug-likeness (QED) is 0.0336. The average molecular weight is 799 g/mol. The van der Waals surface area contributed by atoms with Crippen LogP contribution >= 0.6 is 7.82 Å². The van der Waals surface area contributed by atoms with Crippen molar-refractivity contribution in [1.82, 2.24) is 25.5 Å². The number of phosphoric ester groups is 1. The molecule has 56 heavy (non-hydrogen) atoms. The molecule has 0 spiro atoms. The van der Waals surface area contributed by atoms with Gasteiger partial charge in [0.05, 0.1) is 19.0 Å². The monoisotopic (exact) mass is 798 g/mol. The number of carbonyl (C=O) groups is 5. The number of nitrogens with two attached hydrogens (primary N) is 1. The molecule has 4 amide bonds. The van der Waals surface area contributed by atoms with Crippen LogP contribution in [-0.2, 0) is 47.7 Å². The Hall–Kier alpha value is -4.73. The fourth-order valence-electron chi connectivity index (χ4n) is 6.12. The van der Waals surface area contributed by atoms with Gasteiger partial charge in [0.2, 0.25) is 23.6 Å². The molecule has 3 aromatic rings. The molecule has 0 saturated heterocycles. The van der Waals surface area contributed by atoms with Crippen molar-refractivity contribution in [2.75, 3.05) is 6.61 Å². The highest BCUT2D eigenvalue weighted by molar-refractivity contribution is 7.46. The average Bonchev–Trinajstić information content (AvgIpc) is 3.61. The molecule has 16 nitrogen and oxygen atoms in total. The molecule has 0 fully saturated rings. The Labute approximate surface area is 327 Å². The SMILES string of the molecule is C[C@@H](OP(=O)(O)O)[C@H](NC(=O)[C@H](CO)NC(=O)[C@H](Cc1cncn1CCCCCCCCc1ccccc1)NC(=O)CCCCC(=O)c1ccccc1)C(N)=O. The van der Waals surface area contributed by atoms with Crippen LogP contribution in [0, 0.1) is 0 Å². The third-order valence-electron chi connectivity index (χ3n) is 9.17. The van der Waals surface area contributed by atoms with Crippen LogP contribution < -0.4 is 21.7 Å². The van der Waals surface area contributed by atoms with Crippen LogP contribution in [-0.4, -0.2) is 84.7 Å². The van der Waals surface area contributed by atoms with E-state index in [2.05, 4.69) is 49.7 Å². The van der Waals surface area contributed by atoms with Crippen LogP contribution in [0.3, 0.4) is 0 Å². The van der Waals surface area contributed by atoms with Gasteiger partial charge in [-0.15, -0.1) is 0 Å². The molecule has 17 heteroatoms. The molecule has 0 aliphatic heterocycles. The van der Waals surface area contributed by atoms with Gasteiger partial charge in [-0.3, -0.25) is 28.5 Å². The maximum Gasteiger partial charge on any atom is 0.469 e. The minimum atomic E-state index is -5.07. The number of aryl methyl sites for hydroxylation is 2. The van der Waals surface area contributed by atoms with Crippen LogP contribution in [0.2, 0.25) is 0 Å². The Morgan fingerprint density at radius 2 is 1.41 bits per heavy atom. The number of amides is 4. The highest BCUT2D eigenvalue weighted by atomic mass is 31.2. The summed E-state index contributed by atoms with van der Waals surface area (Å²) in [5, 5.41) is 17.3. The number of primary amides is 1. The summed E-state index contributed by atoms with van der Waals surface area (Å²) in [6.07, 6.45) is 10.1. The second kappa shape index (κ2) is 24.0. The number of ketones is 1. The van der Waals surface area contributed by atoms with Crippen molar-refractivity contribution in [2.45, 2.75) is 115 Å². The number of Topliss-reactive ketones (excluding diaryl/α,β-unsaturated/α-hetero) is 1. The molecule has 0 radical (unpaired) electrons. The number of imidazole rings is 1. The maximum absolute atomic E-state index is 13.7. The van der Waals surface area contributed by atoms with Crippen LogP contribution in [0.1, 0.15) is 92.7 Å². The largest absolute Gasteiger partial charge is 0.469 e. The molecule has 1 heterocycles. The second-order valence-electron chi connectivity index (χ2n) is 13.7. The number of benzene rings is 2. The fraction of sp³-hybridized carbons (Fsp3) is 0.487. The van der Waals surface area contributed by atoms with E-state index in [1.807, 2.05) is 16.7 Å². The van der Waals surface area contributed by atoms with Gasteiger partial charge in [-0.05, 0) is 44.6 Å². The summed E-state index contributed by atoms with van der Waals surface area (Å²) in [4.78, 5) is 86.9. The number of phosphoric acid groups is 1. The van der Waals surface area contributed by atoms with Gasteiger partial charge in [-0.25, -0.2) is 9.55 Å². The molecule has 0 bridgehead atoms. The van der Waals surface area contributed by atoms with Crippen molar-refractivity contribution in [2.24, 2.45) is 5.73 Å². The molecule has 2 aromatic carbocycles. The summed E-state index contributed by atoms with van der Waals surface area (Å²) >= 11 is 0. The number of nitrogens with one attached hydrogen (secondary N) is 3. The highest BCUT2D eigenvalue weighted by Crippen LogP contribution is 2.38.